The molecule has 2 heterocycles. The van der Waals surface area contributed by atoms with Crippen LogP contribution in [-0.2, 0) is 16.0 Å². The Labute approximate surface area is 198 Å². The number of pyridine rings is 1. The summed E-state index contributed by atoms with van der Waals surface area (Å²) in [6.07, 6.45) is 1.38. The minimum atomic E-state index is -5.08. The second-order valence-corrected chi connectivity index (χ2v) is 7.48. The number of carbonyl (C=O) groups is 2. The lowest BCUT2D eigenvalue weighted by Crippen LogP contribution is -2.21. The van der Waals surface area contributed by atoms with E-state index < -0.39 is 12.1 Å². The fourth-order valence-corrected chi connectivity index (χ4v) is 3.18. The number of hydrogen-bond donors (Lipinski definition) is 3. The van der Waals surface area contributed by atoms with Crippen LogP contribution in [0.4, 0.5) is 18.9 Å². The molecule has 2 aromatic heterocycles. The topological polar surface area (TPSA) is 104 Å². The van der Waals surface area contributed by atoms with Crippen molar-refractivity contribution in [2.75, 3.05) is 5.32 Å². The highest BCUT2D eigenvalue weighted by atomic mass is 19.4. The van der Waals surface area contributed by atoms with Gasteiger partial charge in [0.15, 0.2) is 0 Å². The summed E-state index contributed by atoms with van der Waals surface area (Å²) in [7, 11) is 0. The van der Waals surface area contributed by atoms with Gasteiger partial charge in [-0.05, 0) is 60.9 Å². The van der Waals surface area contributed by atoms with Crippen molar-refractivity contribution in [1.82, 2.24) is 9.97 Å². The molecule has 182 valence electrons. The molecule has 7 nitrogen and oxygen atoms in total. The summed E-state index contributed by atoms with van der Waals surface area (Å²) in [6, 6.07) is 17.4. The maximum absolute atomic E-state index is 12.4. The number of nitrogens with zero attached hydrogens (tertiary/aromatic N) is 1. The molecule has 4 rings (SSSR count). The Balaban J connectivity index is 0.000000429. The molecule has 0 saturated carbocycles. The van der Waals surface area contributed by atoms with Crippen molar-refractivity contribution in [1.29, 1.82) is 0 Å². The Hall–Kier alpha value is -4.34. The molecular weight excluding hydrogens is 463 g/mol. The van der Waals surface area contributed by atoms with E-state index in [9.17, 15) is 18.0 Å². The molecule has 0 aliphatic carbocycles. The zero-order valence-electron chi connectivity index (χ0n) is 18.6. The Kier molecular flexibility index (Phi) is 8.08. The van der Waals surface area contributed by atoms with Gasteiger partial charge in [-0.25, -0.2) is 4.79 Å². The van der Waals surface area contributed by atoms with Gasteiger partial charge < -0.3 is 20.1 Å². The van der Waals surface area contributed by atoms with Gasteiger partial charge >= 0.3 is 12.1 Å². The lowest BCUT2D eigenvalue weighted by molar-refractivity contribution is -0.192. The largest absolute Gasteiger partial charge is 0.490 e. The second kappa shape index (κ2) is 11.2. The van der Waals surface area contributed by atoms with E-state index in [4.69, 9.17) is 14.6 Å². The van der Waals surface area contributed by atoms with Crippen LogP contribution in [0.3, 0.4) is 0 Å². The molecular formula is C25H22F3N3O4. The molecule has 35 heavy (non-hydrogen) atoms. The van der Waals surface area contributed by atoms with Crippen molar-refractivity contribution in [3.05, 3.63) is 84.3 Å². The number of nitrogens with one attached hydrogen (secondary N) is 2. The summed E-state index contributed by atoms with van der Waals surface area (Å²) in [4.78, 5) is 28.6. The number of hydrogen-bond acceptors (Lipinski definition) is 4. The maximum Gasteiger partial charge on any atom is 0.490 e. The van der Waals surface area contributed by atoms with Crippen LogP contribution in [0.15, 0.2) is 73.2 Å². The number of aryl methyl sites for hydroxylation is 2. The number of rotatable bonds is 6. The lowest BCUT2D eigenvalue weighted by Gasteiger charge is -2.11. The van der Waals surface area contributed by atoms with E-state index in [1.807, 2.05) is 61.7 Å². The predicted octanol–water partition coefficient (Wildman–Crippen LogP) is 5.87. The first-order valence-electron chi connectivity index (χ1n) is 10.5. The van der Waals surface area contributed by atoms with Crippen LogP contribution in [-0.4, -0.2) is 33.1 Å². The van der Waals surface area contributed by atoms with Crippen LogP contribution in [0.5, 0.6) is 11.5 Å². The smallest absolute Gasteiger partial charge is 0.475 e. The van der Waals surface area contributed by atoms with E-state index in [1.165, 1.54) is 5.39 Å². The quantitative estimate of drug-likeness (QED) is 0.317. The van der Waals surface area contributed by atoms with Crippen LogP contribution in [0, 0.1) is 6.92 Å². The fourth-order valence-electron chi connectivity index (χ4n) is 3.18. The number of anilines is 1. The second-order valence-electron chi connectivity index (χ2n) is 7.48. The van der Waals surface area contributed by atoms with Gasteiger partial charge in [-0.3, -0.25) is 9.78 Å². The van der Waals surface area contributed by atoms with Crippen molar-refractivity contribution in [2.24, 2.45) is 0 Å². The number of carbonyl (C=O) groups excluding carboxylic acids is 1. The van der Waals surface area contributed by atoms with E-state index in [2.05, 4.69) is 21.4 Å². The van der Waals surface area contributed by atoms with E-state index in [1.54, 1.807) is 12.4 Å². The number of amides is 1. The summed E-state index contributed by atoms with van der Waals surface area (Å²) >= 11 is 0. The van der Waals surface area contributed by atoms with Crippen LogP contribution < -0.4 is 10.1 Å². The number of halogens is 3. The third kappa shape index (κ3) is 7.32. The van der Waals surface area contributed by atoms with Gasteiger partial charge in [0.25, 0.3) is 0 Å². The summed E-state index contributed by atoms with van der Waals surface area (Å²) in [5.74, 6) is -1.37. The zero-order chi connectivity index (χ0) is 25.4. The predicted molar refractivity (Wildman–Crippen MR) is 124 cm³/mol. The third-order valence-corrected chi connectivity index (χ3v) is 4.88. The van der Waals surface area contributed by atoms with E-state index in [0.717, 1.165) is 22.3 Å². The van der Waals surface area contributed by atoms with E-state index in [-0.39, 0.29) is 5.91 Å². The molecule has 0 aliphatic heterocycles. The van der Waals surface area contributed by atoms with Crippen molar-refractivity contribution in [3.8, 4) is 11.5 Å². The highest BCUT2D eigenvalue weighted by Gasteiger charge is 2.38. The molecule has 0 radical (unpaired) electrons. The summed E-state index contributed by atoms with van der Waals surface area (Å²) in [6.45, 7) is 1.95. The monoisotopic (exact) mass is 485 g/mol. The van der Waals surface area contributed by atoms with Gasteiger partial charge in [0.05, 0.1) is 6.20 Å². The summed E-state index contributed by atoms with van der Waals surface area (Å²) in [5.41, 5.74) is 3.99. The SMILES string of the molecule is Cc1cc(Oc2cccnc2)ccc1NC(=O)CCc1c[nH]c2ccccc12.O=C(O)C(F)(F)F. The van der Waals surface area contributed by atoms with Crippen LogP contribution >= 0.6 is 0 Å². The number of carboxylic acid groups (broad SMARTS) is 1. The van der Waals surface area contributed by atoms with Gasteiger partial charge in [-0.1, -0.05) is 18.2 Å². The number of fused-ring (bicyclic) bond motifs is 1. The Bertz CT molecular complexity index is 1300. The number of aromatic amines is 1. The van der Waals surface area contributed by atoms with Gasteiger partial charge in [0, 0.05) is 35.4 Å². The molecule has 0 fully saturated rings. The molecule has 0 bridgehead atoms. The third-order valence-electron chi connectivity index (χ3n) is 4.88. The minimum absolute atomic E-state index is 0.00527. The molecule has 0 aliphatic rings. The molecule has 0 spiro atoms. The molecule has 1 amide bonds. The first-order valence-corrected chi connectivity index (χ1v) is 10.5. The van der Waals surface area contributed by atoms with Crippen molar-refractivity contribution in [2.45, 2.75) is 25.9 Å². The number of carboxylic acids is 1. The first-order chi connectivity index (χ1) is 16.6. The Morgan fingerprint density at radius 1 is 1.09 bits per heavy atom. The molecule has 0 atom stereocenters. The number of aromatic nitrogens is 2. The number of para-hydroxylation sites is 1. The first kappa shape index (κ1) is 25.3. The van der Waals surface area contributed by atoms with Gasteiger partial charge in [0.1, 0.15) is 11.5 Å². The molecule has 0 unspecified atom stereocenters. The van der Waals surface area contributed by atoms with Crippen molar-refractivity contribution in [3.63, 3.8) is 0 Å². The zero-order valence-corrected chi connectivity index (χ0v) is 18.6. The standard InChI is InChI=1S/C23H21N3O2.C2HF3O2/c1-16-13-18(28-19-5-4-12-24-15-19)9-10-21(16)26-23(27)11-8-17-14-25-22-7-3-2-6-20(17)22;3-2(4,5)1(6)7/h2-7,9-10,12-15,25H,8,11H2,1H3,(H,26,27);(H,6,7). The summed E-state index contributed by atoms with van der Waals surface area (Å²) < 4.78 is 37.5. The summed E-state index contributed by atoms with van der Waals surface area (Å²) in [5, 5.41) is 11.3. The van der Waals surface area contributed by atoms with Gasteiger partial charge in [-0.2, -0.15) is 13.2 Å². The molecule has 4 aromatic rings. The molecule has 2 aromatic carbocycles. The van der Waals surface area contributed by atoms with Gasteiger partial charge in [0.2, 0.25) is 5.91 Å². The lowest BCUT2D eigenvalue weighted by atomic mass is 10.1. The number of benzene rings is 2. The van der Waals surface area contributed by atoms with Crippen molar-refractivity contribution < 1.29 is 32.6 Å². The average molecular weight is 485 g/mol. The Morgan fingerprint density at radius 2 is 1.83 bits per heavy atom. The average Bonchev–Trinajstić information content (AvgIpc) is 3.23. The highest BCUT2D eigenvalue weighted by molar-refractivity contribution is 5.92. The number of alkyl halides is 3. The highest BCUT2D eigenvalue weighted by Crippen LogP contribution is 2.26. The van der Waals surface area contributed by atoms with Crippen LogP contribution in [0.25, 0.3) is 10.9 Å². The number of H-pyrrole nitrogens is 1. The number of ether oxygens (including phenoxy) is 1. The van der Waals surface area contributed by atoms with E-state index >= 15 is 0 Å². The van der Waals surface area contributed by atoms with Crippen LogP contribution in [0.1, 0.15) is 17.5 Å². The van der Waals surface area contributed by atoms with E-state index in [0.29, 0.717) is 24.3 Å². The maximum atomic E-state index is 12.4. The molecule has 0 saturated heterocycles. The van der Waals surface area contributed by atoms with Crippen molar-refractivity contribution >= 4 is 28.5 Å². The van der Waals surface area contributed by atoms with Crippen LogP contribution in [0.2, 0.25) is 0 Å². The fraction of sp³-hybridized carbons (Fsp3) is 0.160. The number of aliphatic carboxylic acids is 1. The minimum Gasteiger partial charge on any atom is -0.475 e. The van der Waals surface area contributed by atoms with Gasteiger partial charge in [-0.15, -0.1) is 0 Å². The normalized spacial score (nSPS) is 10.9. The Morgan fingerprint density at radius 3 is 2.49 bits per heavy atom. The molecule has 3 N–H and O–H groups in total. The molecule has 10 heteroatoms.